The smallest absolute Gasteiger partial charge is 0.243 e. The van der Waals surface area contributed by atoms with Gasteiger partial charge in [-0.1, -0.05) is 12.1 Å². The summed E-state index contributed by atoms with van der Waals surface area (Å²) in [5.41, 5.74) is 1.67. The number of nitrogens with zero attached hydrogens (tertiary/aromatic N) is 3. The number of hydrogen-bond acceptors (Lipinski definition) is 5. The average molecular weight is 258 g/mol. The molecular formula is C14H18N4O. The van der Waals surface area contributed by atoms with Gasteiger partial charge in [-0.05, 0) is 43.7 Å². The molecular weight excluding hydrogens is 240 g/mol. The van der Waals surface area contributed by atoms with Gasteiger partial charge in [-0.2, -0.15) is 0 Å². The molecule has 0 unspecified atom stereocenters. The molecule has 0 atom stereocenters. The Hall–Kier alpha value is -1.75. The highest BCUT2D eigenvalue weighted by Gasteiger charge is 2.19. The Kier molecular flexibility index (Phi) is 3.55. The molecule has 0 saturated heterocycles. The molecule has 1 saturated carbocycles. The molecule has 100 valence electrons. The summed E-state index contributed by atoms with van der Waals surface area (Å²) >= 11 is 0. The number of benzene rings is 1. The summed E-state index contributed by atoms with van der Waals surface area (Å²) in [7, 11) is 0. The molecule has 1 fully saturated rings. The van der Waals surface area contributed by atoms with Gasteiger partial charge in [-0.25, -0.2) is 4.98 Å². The minimum atomic E-state index is -0.102. The number of aliphatic hydroxyl groups excluding tert-OH is 1. The Morgan fingerprint density at radius 3 is 2.58 bits per heavy atom. The van der Waals surface area contributed by atoms with Crippen LogP contribution in [0.4, 0.5) is 5.95 Å². The zero-order valence-electron chi connectivity index (χ0n) is 10.8. The zero-order valence-corrected chi connectivity index (χ0v) is 10.8. The highest BCUT2D eigenvalue weighted by molar-refractivity contribution is 5.73. The number of aromatic nitrogens is 3. The highest BCUT2D eigenvalue weighted by Crippen LogP contribution is 2.24. The second-order valence-corrected chi connectivity index (χ2v) is 5.18. The molecule has 5 heteroatoms. The van der Waals surface area contributed by atoms with E-state index in [4.69, 9.17) is 0 Å². The molecule has 3 rings (SSSR count). The van der Waals surface area contributed by atoms with Gasteiger partial charge in [0, 0.05) is 6.54 Å². The topological polar surface area (TPSA) is 70.9 Å². The van der Waals surface area contributed by atoms with Gasteiger partial charge in [-0.15, -0.1) is 10.2 Å². The standard InChI is InChI=1S/C14H18N4O/c19-11-7-5-10(6-8-11)9-15-14-16-12-3-1-2-4-13(12)17-18-14/h1-4,10-11,19H,5-9H2,(H,15,16,18). The van der Waals surface area contributed by atoms with Crippen LogP contribution in [0.3, 0.4) is 0 Å². The number of rotatable bonds is 3. The van der Waals surface area contributed by atoms with E-state index >= 15 is 0 Å². The third-order valence-electron chi connectivity index (χ3n) is 3.73. The fraction of sp³-hybridized carbons (Fsp3) is 0.500. The lowest BCUT2D eigenvalue weighted by atomic mass is 9.87. The summed E-state index contributed by atoms with van der Waals surface area (Å²) in [6, 6.07) is 7.72. The van der Waals surface area contributed by atoms with Gasteiger partial charge in [0.2, 0.25) is 5.95 Å². The number of anilines is 1. The van der Waals surface area contributed by atoms with Crippen molar-refractivity contribution in [2.75, 3.05) is 11.9 Å². The van der Waals surface area contributed by atoms with Crippen molar-refractivity contribution in [3.05, 3.63) is 24.3 Å². The van der Waals surface area contributed by atoms with Crippen molar-refractivity contribution >= 4 is 17.0 Å². The third-order valence-corrected chi connectivity index (χ3v) is 3.73. The maximum absolute atomic E-state index is 9.48. The summed E-state index contributed by atoms with van der Waals surface area (Å²) in [5, 5.41) is 21.0. The van der Waals surface area contributed by atoms with Crippen molar-refractivity contribution in [2.45, 2.75) is 31.8 Å². The van der Waals surface area contributed by atoms with E-state index in [1.807, 2.05) is 24.3 Å². The fourth-order valence-corrected chi connectivity index (χ4v) is 2.54. The summed E-state index contributed by atoms with van der Waals surface area (Å²) < 4.78 is 0. The van der Waals surface area contributed by atoms with Crippen LogP contribution in [0.2, 0.25) is 0 Å². The van der Waals surface area contributed by atoms with Crippen molar-refractivity contribution in [2.24, 2.45) is 5.92 Å². The maximum Gasteiger partial charge on any atom is 0.243 e. The van der Waals surface area contributed by atoms with Crippen LogP contribution in [0.1, 0.15) is 25.7 Å². The normalized spacial score (nSPS) is 23.4. The van der Waals surface area contributed by atoms with E-state index < -0.39 is 0 Å². The van der Waals surface area contributed by atoms with E-state index in [-0.39, 0.29) is 6.10 Å². The predicted molar refractivity (Wildman–Crippen MR) is 73.8 cm³/mol. The molecule has 1 aromatic heterocycles. The van der Waals surface area contributed by atoms with E-state index in [1.54, 1.807) is 0 Å². The van der Waals surface area contributed by atoms with Crippen LogP contribution >= 0.6 is 0 Å². The molecule has 2 N–H and O–H groups in total. The molecule has 1 heterocycles. The predicted octanol–water partition coefficient (Wildman–Crippen LogP) is 1.99. The number of hydrogen-bond donors (Lipinski definition) is 2. The molecule has 0 aliphatic heterocycles. The monoisotopic (exact) mass is 258 g/mol. The van der Waals surface area contributed by atoms with Gasteiger partial charge in [0.05, 0.1) is 11.6 Å². The Morgan fingerprint density at radius 1 is 1.05 bits per heavy atom. The molecule has 1 aliphatic carbocycles. The molecule has 1 aliphatic rings. The molecule has 0 bridgehead atoms. The van der Waals surface area contributed by atoms with Gasteiger partial charge in [-0.3, -0.25) is 0 Å². The Bertz CT molecular complexity index is 552. The first-order valence-electron chi connectivity index (χ1n) is 6.82. The van der Waals surface area contributed by atoms with Crippen LogP contribution in [-0.4, -0.2) is 32.9 Å². The van der Waals surface area contributed by atoms with Crippen LogP contribution in [0.15, 0.2) is 24.3 Å². The lowest BCUT2D eigenvalue weighted by Crippen LogP contribution is -2.24. The van der Waals surface area contributed by atoms with Crippen molar-refractivity contribution in [3.63, 3.8) is 0 Å². The van der Waals surface area contributed by atoms with E-state index in [0.29, 0.717) is 11.9 Å². The first kappa shape index (κ1) is 12.3. The first-order valence-corrected chi connectivity index (χ1v) is 6.82. The Morgan fingerprint density at radius 2 is 1.79 bits per heavy atom. The maximum atomic E-state index is 9.48. The molecule has 0 amide bonds. The van der Waals surface area contributed by atoms with Crippen molar-refractivity contribution in [1.29, 1.82) is 0 Å². The Labute approximate surface area is 112 Å². The van der Waals surface area contributed by atoms with Crippen LogP contribution < -0.4 is 5.32 Å². The summed E-state index contributed by atoms with van der Waals surface area (Å²) in [6.45, 7) is 0.854. The third kappa shape index (κ3) is 2.98. The van der Waals surface area contributed by atoms with Crippen LogP contribution in [0.5, 0.6) is 0 Å². The zero-order chi connectivity index (χ0) is 13.1. The fourth-order valence-electron chi connectivity index (χ4n) is 2.54. The van der Waals surface area contributed by atoms with Gasteiger partial charge in [0.1, 0.15) is 5.52 Å². The van der Waals surface area contributed by atoms with Gasteiger partial charge < -0.3 is 10.4 Å². The molecule has 0 radical (unpaired) electrons. The van der Waals surface area contributed by atoms with Gasteiger partial charge in [0.15, 0.2) is 0 Å². The summed E-state index contributed by atoms with van der Waals surface area (Å²) in [6.07, 6.45) is 3.84. The number of aliphatic hydroxyl groups is 1. The second-order valence-electron chi connectivity index (χ2n) is 5.18. The highest BCUT2D eigenvalue weighted by atomic mass is 16.3. The molecule has 5 nitrogen and oxygen atoms in total. The average Bonchev–Trinajstić information content (AvgIpc) is 2.46. The molecule has 1 aromatic carbocycles. The number of fused-ring (bicyclic) bond motifs is 1. The Balaban J connectivity index is 1.62. The van der Waals surface area contributed by atoms with E-state index in [0.717, 1.165) is 43.3 Å². The summed E-state index contributed by atoms with van der Waals surface area (Å²) in [5.74, 6) is 1.18. The quantitative estimate of drug-likeness (QED) is 0.881. The minimum Gasteiger partial charge on any atom is -0.393 e. The lowest BCUT2D eigenvalue weighted by molar-refractivity contribution is 0.111. The molecule has 2 aromatic rings. The van der Waals surface area contributed by atoms with Crippen LogP contribution in [-0.2, 0) is 0 Å². The molecule has 0 spiro atoms. The van der Waals surface area contributed by atoms with E-state index in [2.05, 4.69) is 20.5 Å². The SMILES string of the molecule is OC1CCC(CNc2nnc3ccccc3n2)CC1. The number of nitrogens with one attached hydrogen (secondary N) is 1. The first-order chi connectivity index (χ1) is 9.31. The van der Waals surface area contributed by atoms with Gasteiger partial charge in [0.25, 0.3) is 0 Å². The lowest BCUT2D eigenvalue weighted by Gasteiger charge is -2.25. The number of para-hydroxylation sites is 1. The summed E-state index contributed by atoms with van der Waals surface area (Å²) in [4.78, 5) is 4.44. The second kappa shape index (κ2) is 5.48. The largest absolute Gasteiger partial charge is 0.393 e. The van der Waals surface area contributed by atoms with E-state index in [1.165, 1.54) is 0 Å². The van der Waals surface area contributed by atoms with Crippen molar-refractivity contribution in [3.8, 4) is 0 Å². The van der Waals surface area contributed by atoms with Crippen molar-refractivity contribution in [1.82, 2.24) is 15.2 Å². The minimum absolute atomic E-state index is 0.102. The van der Waals surface area contributed by atoms with Crippen molar-refractivity contribution < 1.29 is 5.11 Å². The van der Waals surface area contributed by atoms with Gasteiger partial charge >= 0.3 is 0 Å². The molecule has 19 heavy (non-hydrogen) atoms. The van der Waals surface area contributed by atoms with Crippen LogP contribution in [0, 0.1) is 5.92 Å². The van der Waals surface area contributed by atoms with E-state index in [9.17, 15) is 5.11 Å². The van der Waals surface area contributed by atoms with Crippen LogP contribution in [0.25, 0.3) is 11.0 Å².